The summed E-state index contributed by atoms with van der Waals surface area (Å²) < 4.78 is 0. The number of carbonyl (C=O) groups is 1. The monoisotopic (exact) mass is 535 g/mol. The minimum absolute atomic E-state index is 0.0760. The van der Waals surface area contributed by atoms with Gasteiger partial charge < -0.3 is 15.5 Å². The average molecular weight is 536 g/mol. The maximum absolute atomic E-state index is 12.2. The molecule has 224 valence electrons. The molecule has 0 aromatic rings. The second kappa shape index (κ2) is 30.4. The van der Waals surface area contributed by atoms with Crippen molar-refractivity contribution >= 4 is 5.91 Å². The van der Waals surface area contributed by atoms with Crippen molar-refractivity contribution in [3.63, 3.8) is 0 Å². The molecule has 4 nitrogen and oxygen atoms in total. The molecule has 0 rings (SSSR count). The minimum Gasteiger partial charge on any atom is -0.394 e. The third-order valence-electron chi connectivity index (χ3n) is 7.44. The molecule has 4 heteroatoms. The van der Waals surface area contributed by atoms with E-state index in [9.17, 15) is 15.0 Å². The number of allylic oxidation sites excluding steroid dienone is 3. The molecule has 0 radical (unpaired) electrons. The molecule has 0 aromatic heterocycles. The summed E-state index contributed by atoms with van der Waals surface area (Å²) in [5, 5.41) is 22.8. The van der Waals surface area contributed by atoms with Crippen LogP contribution < -0.4 is 5.32 Å². The van der Waals surface area contributed by atoms with Crippen LogP contribution in [-0.2, 0) is 4.79 Å². The molecule has 0 fully saturated rings. The highest BCUT2D eigenvalue weighted by Gasteiger charge is 2.17. The Bertz CT molecular complexity index is 546. The molecule has 0 aromatic carbocycles. The summed E-state index contributed by atoms with van der Waals surface area (Å²) >= 11 is 0. The second-order valence-electron chi connectivity index (χ2n) is 11.2. The first-order valence-electron chi connectivity index (χ1n) is 16.6. The van der Waals surface area contributed by atoms with Crippen molar-refractivity contribution in [1.82, 2.24) is 5.32 Å². The zero-order chi connectivity index (χ0) is 27.9. The third-order valence-corrected chi connectivity index (χ3v) is 7.44. The first kappa shape index (κ1) is 36.9. The van der Waals surface area contributed by atoms with Crippen molar-refractivity contribution in [3.05, 3.63) is 24.3 Å². The summed E-state index contributed by atoms with van der Waals surface area (Å²) in [6.45, 7) is 4.26. The number of nitrogens with one attached hydrogen (secondary N) is 1. The van der Waals surface area contributed by atoms with Gasteiger partial charge >= 0.3 is 0 Å². The fourth-order valence-corrected chi connectivity index (χ4v) is 4.84. The van der Waals surface area contributed by atoms with Crippen molar-refractivity contribution in [2.24, 2.45) is 0 Å². The van der Waals surface area contributed by atoms with Gasteiger partial charge in [-0.1, -0.05) is 154 Å². The van der Waals surface area contributed by atoms with Crippen LogP contribution in [0.25, 0.3) is 0 Å². The fourth-order valence-electron chi connectivity index (χ4n) is 4.84. The lowest BCUT2D eigenvalue weighted by Gasteiger charge is -2.19. The number of hydrogen-bond donors (Lipinski definition) is 3. The number of aliphatic hydroxyl groups excluding tert-OH is 2. The lowest BCUT2D eigenvalue weighted by atomic mass is 10.0. The van der Waals surface area contributed by atoms with Crippen LogP contribution in [0.15, 0.2) is 24.3 Å². The summed E-state index contributed by atoms with van der Waals surface area (Å²) in [6, 6.07) is -0.631. The fraction of sp³-hybridized carbons (Fsp3) is 0.853. The molecule has 0 saturated carbocycles. The quantitative estimate of drug-likeness (QED) is 0.0660. The van der Waals surface area contributed by atoms with E-state index in [2.05, 4.69) is 31.3 Å². The zero-order valence-corrected chi connectivity index (χ0v) is 25.4. The Morgan fingerprint density at radius 2 is 1.03 bits per heavy atom. The number of amides is 1. The zero-order valence-electron chi connectivity index (χ0n) is 25.4. The number of aliphatic hydroxyl groups is 2. The molecule has 2 atom stereocenters. The van der Waals surface area contributed by atoms with Crippen LogP contribution in [0, 0.1) is 0 Å². The van der Waals surface area contributed by atoms with Gasteiger partial charge in [-0.25, -0.2) is 0 Å². The lowest BCUT2D eigenvalue weighted by Crippen LogP contribution is -2.45. The number of carbonyl (C=O) groups excluding carboxylic acids is 1. The van der Waals surface area contributed by atoms with E-state index in [1.54, 1.807) is 6.08 Å². The molecular formula is C34H65NO3. The van der Waals surface area contributed by atoms with Gasteiger partial charge in [0.2, 0.25) is 5.91 Å². The van der Waals surface area contributed by atoms with Crippen molar-refractivity contribution in [2.45, 2.75) is 180 Å². The van der Waals surface area contributed by atoms with E-state index in [0.29, 0.717) is 6.42 Å². The van der Waals surface area contributed by atoms with Gasteiger partial charge in [0, 0.05) is 6.42 Å². The van der Waals surface area contributed by atoms with E-state index < -0.39 is 12.1 Å². The van der Waals surface area contributed by atoms with Crippen LogP contribution in [-0.4, -0.2) is 34.9 Å². The Hall–Kier alpha value is -1.13. The number of hydrogen-bond acceptors (Lipinski definition) is 3. The largest absolute Gasteiger partial charge is 0.394 e. The maximum atomic E-state index is 12.2. The van der Waals surface area contributed by atoms with Crippen molar-refractivity contribution in [1.29, 1.82) is 0 Å². The Labute approximate surface area is 237 Å². The highest BCUT2D eigenvalue weighted by molar-refractivity contribution is 5.76. The van der Waals surface area contributed by atoms with Gasteiger partial charge in [0.15, 0.2) is 0 Å². The van der Waals surface area contributed by atoms with Gasteiger partial charge in [-0.05, 0) is 32.1 Å². The molecule has 0 bridgehead atoms. The summed E-state index contributed by atoms with van der Waals surface area (Å²) in [5.74, 6) is -0.0760. The van der Waals surface area contributed by atoms with Crippen molar-refractivity contribution < 1.29 is 15.0 Å². The molecule has 1 amide bonds. The average Bonchev–Trinajstić information content (AvgIpc) is 2.92. The maximum Gasteiger partial charge on any atom is 0.220 e. The molecule has 3 N–H and O–H groups in total. The standard InChI is InChI=1S/C34H65NO3/c1-3-5-7-9-11-13-15-17-19-21-23-25-27-29-33(37)32(31-36)35-34(38)30-28-26-24-22-20-18-16-14-12-10-8-6-4-2/h19,21,27,29,32-33,36-37H,3-18,20,22-26,28,30-31H2,1-2H3,(H,35,38)/b21-19+,29-27+/t32?,33-/m1/s1. The summed E-state index contributed by atoms with van der Waals surface area (Å²) in [5.41, 5.74) is 0. The summed E-state index contributed by atoms with van der Waals surface area (Å²) in [4.78, 5) is 12.2. The van der Waals surface area contributed by atoms with Crippen molar-refractivity contribution in [2.75, 3.05) is 6.61 Å². The molecule has 1 unspecified atom stereocenters. The van der Waals surface area contributed by atoms with Crippen LogP contribution in [0.3, 0.4) is 0 Å². The molecule has 0 saturated heterocycles. The smallest absolute Gasteiger partial charge is 0.220 e. The Morgan fingerprint density at radius 3 is 1.53 bits per heavy atom. The molecular weight excluding hydrogens is 470 g/mol. The van der Waals surface area contributed by atoms with E-state index in [1.165, 1.54) is 116 Å². The third kappa shape index (κ3) is 26.5. The van der Waals surface area contributed by atoms with Crippen LogP contribution in [0.2, 0.25) is 0 Å². The molecule has 0 aliphatic carbocycles. The predicted molar refractivity (Wildman–Crippen MR) is 165 cm³/mol. The normalized spacial score (nSPS) is 13.5. The van der Waals surface area contributed by atoms with Gasteiger partial charge in [-0.15, -0.1) is 0 Å². The van der Waals surface area contributed by atoms with Gasteiger partial charge in [-0.3, -0.25) is 4.79 Å². The molecule has 38 heavy (non-hydrogen) atoms. The van der Waals surface area contributed by atoms with E-state index in [1.807, 2.05) is 6.08 Å². The second-order valence-corrected chi connectivity index (χ2v) is 11.2. The van der Waals surface area contributed by atoms with E-state index in [-0.39, 0.29) is 12.5 Å². The van der Waals surface area contributed by atoms with Gasteiger partial charge in [-0.2, -0.15) is 0 Å². The van der Waals surface area contributed by atoms with E-state index in [0.717, 1.165) is 32.1 Å². The molecule has 0 aliphatic rings. The topological polar surface area (TPSA) is 69.6 Å². The van der Waals surface area contributed by atoms with E-state index in [4.69, 9.17) is 0 Å². The van der Waals surface area contributed by atoms with Crippen LogP contribution in [0.5, 0.6) is 0 Å². The highest BCUT2D eigenvalue weighted by Crippen LogP contribution is 2.13. The highest BCUT2D eigenvalue weighted by atomic mass is 16.3. The predicted octanol–water partition coefficient (Wildman–Crippen LogP) is 9.34. The van der Waals surface area contributed by atoms with Gasteiger partial charge in [0.05, 0.1) is 18.8 Å². The molecule has 0 spiro atoms. The molecule has 0 aliphatic heterocycles. The minimum atomic E-state index is -0.854. The van der Waals surface area contributed by atoms with Gasteiger partial charge in [0.1, 0.15) is 0 Å². The first-order valence-corrected chi connectivity index (χ1v) is 16.6. The summed E-state index contributed by atoms with van der Waals surface area (Å²) in [7, 11) is 0. The number of unbranched alkanes of at least 4 members (excludes halogenated alkanes) is 20. The Morgan fingerprint density at radius 1 is 0.605 bits per heavy atom. The summed E-state index contributed by atoms with van der Waals surface area (Å²) in [6.07, 6.45) is 36.8. The van der Waals surface area contributed by atoms with Crippen LogP contribution in [0.1, 0.15) is 168 Å². The Kier molecular flexibility index (Phi) is 29.5. The SMILES string of the molecule is CCCCCCCCC/C=C/CC/C=C/[C@@H](O)C(CO)NC(=O)CCCCCCCCCCCCCCC. The Balaban J connectivity index is 3.70. The van der Waals surface area contributed by atoms with Crippen LogP contribution >= 0.6 is 0 Å². The number of rotatable bonds is 29. The molecule has 0 heterocycles. The van der Waals surface area contributed by atoms with Crippen molar-refractivity contribution in [3.8, 4) is 0 Å². The van der Waals surface area contributed by atoms with Gasteiger partial charge in [0.25, 0.3) is 0 Å². The van der Waals surface area contributed by atoms with E-state index >= 15 is 0 Å². The van der Waals surface area contributed by atoms with Crippen LogP contribution in [0.4, 0.5) is 0 Å². The first-order chi connectivity index (χ1) is 18.7. The lowest BCUT2D eigenvalue weighted by molar-refractivity contribution is -0.123.